The summed E-state index contributed by atoms with van der Waals surface area (Å²) in [5.74, 6) is 0.483. The molecule has 4 unspecified atom stereocenters. The molecule has 9 atom stereocenters. The minimum atomic E-state index is -1.37. The number of ether oxygens (including phenoxy) is 1. The van der Waals surface area contributed by atoms with Gasteiger partial charge in [-0.15, -0.1) is 23.4 Å². The molecule has 0 bridgehead atoms. The molecule has 2 rings (SSSR count). The van der Waals surface area contributed by atoms with Crippen molar-refractivity contribution in [3.8, 4) is 0 Å². The van der Waals surface area contributed by atoms with E-state index in [2.05, 4.69) is 17.6 Å². The van der Waals surface area contributed by atoms with Crippen LogP contribution in [0.1, 0.15) is 78.1 Å². The fourth-order valence-corrected chi connectivity index (χ4v) is 5.81. The lowest BCUT2D eigenvalue weighted by Gasteiger charge is -2.44. The molecule has 0 aromatic heterocycles. The number of carbonyl (C=O) groups is 1. The molecule has 5 N–H and O–H groups in total. The summed E-state index contributed by atoms with van der Waals surface area (Å²) in [5, 5.41) is 36.7. The number of rotatable bonds is 12. The van der Waals surface area contributed by atoms with Crippen molar-refractivity contribution in [2.75, 3.05) is 12.8 Å². The van der Waals surface area contributed by atoms with E-state index in [0.29, 0.717) is 5.92 Å². The number of carbonyl (C=O) groups excluding carboxylic acids is 1. The average Bonchev–Trinajstić information content (AvgIpc) is 3.04. The molecule has 0 aliphatic carbocycles. The highest BCUT2D eigenvalue weighted by atomic mass is 35.5. The van der Waals surface area contributed by atoms with E-state index in [4.69, 9.17) is 16.3 Å². The summed E-state index contributed by atoms with van der Waals surface area (Å²) in [5.41, 5.74) is -0.707. The lowest BCUT2D eigenvalue weighted by atomic mass is 9.92. The van der Waals surface area contributed by atoms with Crippen molar-refractivity contribution >= 4 is 29.3 Å². The number of hydrogen-bond acceptors (Lipinski definition) is 7. The summed E-state index contributed by atoms with van der Waals surface area (Å²) in [6, 6.07) is -1.01. The van der Waals surface area contributed by atoms with E-state index in [1.54, 1.807) is 13.2 Å². The van der Waals surface area contributed by atoms with Crippen LogP contribution in [-0.4, -0.2) is 81.3 Å². The van der Waals surface area contributed by atoms with Crippen molar-refractivity contribution in [1.82, 2.24) is 10.6 Å². The Morgan fingerprint density at radius 3 is 2.45 bits per heavy atom. The zero-order valence-electron chi connectivity index (χ0n) is 20.4. The molecule has 0 radical (unpaired) electrons. The van der Waals surface area contributed by atoms with Gasteiger partial charge in [0, 0.05) is 0 Å². The van der Waals surface area contributed by atoms with Gasteiger partial charge in [-0.2, -0.15) is 0 Å². The van der Waals surface area contributed by atoms with Gasteiger partial charge in [-0.3, -0.25) is 4.79 Å². The molecular formula is C24H45ClN2O5S. The van der Waals surface area contributed by atoms with Crippen LogP contribution in [0.3, 0.4) is 0 Å². The standard InChI is InChI=1S/C24H45ClN2O5S/c1-4-5-6-7-8-9-10-16-11-12-17(26-14-13-16)23(31)27-18(15(2)25)22-20(29)19(28)21(30)24(32-22)33-3/h15-22,24,26,28-30H,4-14H2,1-3H3,(H,27,31)/t15-,16-,17-,18?,19?,20?,21+,22+,24?/m0/s1. The van der Waals surface area contributed by atoms with Gasteiger partial charge in [0.1, 0.15) is 29.9 Å². The predicted molar refractivity (Wildman–Crippen MR) is 135 cm³/mol. The number of aliphatic hydroxyl groups excluding tert-OH is 3. The van der Waals surface area contributed by atoms with Crippen LogP contribution in [-0.2, 0) is 9.53 Å². The van der Waals surface area contributed by atoms with Gasteiger partial charge in [0.2, 0.25) is 5.91 Å². The molecule has 1 amide bonds. The number of aliphatic hydroxyl groups is 3. The van der Waals surface area contributed by atoms with Gasteiger partial charge in [-0.1, -0.05) is 51.9 Å². The lowest BCUT2D eigenvalue weighted by molar-refractivity contribution is -0.205. The minimum absolute atomic E-state index is 0.162. The number of hydrogen-bond donors (Lipinski definition) is 5. The molecule has 0 aromatic carbocycles. The minimum Gasteiger partial charge on any atom is -0.388 e. The zero-order chi connectivity index (χ0) is 24.4. The zero-order valence-corrected chi connectivity index (χ0v) is 22.0. The number of nitrogens with one attached hydrogen (secondary N) is 2. The van der Waals surface area contributed by atoms with Crippen molar-refractivity contribution in [1.29, 1.82) is 0 Å². The van der Waals surface area contributed by atoms with Crippen LogP contribution in [0, 0.1) is 5.92 Å². The fourth-order valence-electron chi connectivity index (χ4n) is 4.92. The van der Waals surface area contributed by atoms with E-state index in [9.17, 15) is 20.1 Å². The Hall–Kier alpha value is -0.0900. The maximum atomic E-state index is 13.1. The van der Waals surface area contributed by atoms with E-state index in [-0.39, 0.29) is 11.9 Å². The molecule has 0 aromatic rings. The summed E-state index contributed by atoms with van der Waals surface area (Å²) in [6.07, 6.45) is 8.81. The number of unbranched alkanes of at least 4 members (excludes halogenated alkanes) is 5. The van der Waals surface area contributed by atoms with Crippen LogP contribution >= 0.6 is 23.4 Å². The first-order chi connectivity index (χ1) is 15.8. The highest BCUT2D eigenvalue weighted by molar-refractivity contribution is 7.99. The Morgan fingerprint density at radius 2 is 1.79 bits per heavy atom. The first kappa shape index (κ1) is 29.1. The van der Waals surface area contributed by atoms with Crippen molar-refractivity contribution in [3.05, 3.63) is 0 Å². The Bertz CT molecular complexity index is 571. The molecule has 2 heterocycles. The third-order valence-electron chi connectivity index (χ3n) is 7.09. The fraction of sp³-hybridized carbons (Fsp3) is 0.958. The van der Waals surface area contributed by atoms with E-state index in [1.165, 1.54) is 56.7 Å². The second kappa shape index (κ2) is 15.1. The van der Waals surface area contributed by atoms with E-state index < -0.39 is 41.3 Å². The van der Waals surface area contributed by atoms with Crippen molar-refractivity contribution in [2.24, 2.45) is 5.92 Å². The number of thioether (sulfide) groups is 1. The highest BCUT2D eigenvalue weighted by Gasteiger charge is 2.48. The molecule has 7 nitrogen and oxygen atoms in total. The SMILES string of the molecule is CCCCCCCC[C@@H]1CCN[C@H](C(=O)NC([C@H]2OC(SC)[C@H](O)C(O)C2O)[C@H](C)Cl)CC1. The Morgan fingerprint density at radius 1 is 1.09 bits per heavy atom. The molecule has 9 heteroatoms. The lowest BCUT2D eigenvalue weighted by Crippen LogP contribution is -2.65. The van der Waals surface area contributed by atoms with Crippen LogP contribution in [0.2, 0.25) is 0 Å². The maximum absolute atomic E-state index is 13.1. The number of amides is 1. The van der Waals surface area contributed by atoms with Gasteiger partial charge >= 0.3 is 0 Å². The molecule has 2 aliphatic rings. The van der Waals surface area contributed by atoms with Gasteiger partial charge in [0.05, 0.1) is 17.5 Å². The maximum Gasteiger partial charge on any atom is 0.237 e. The van der Waals surface area contributed by atoms with Gasteiger partial charge in [-0.25, -0.2) is 0 Å². The van der Waals surface area contributed by atoms with Crippen LogP contribution in [0.25, 0.3) is 0 Å². The van der Waals surface area contributed by atoms with Crippen molar-refractivity contribution in [3.63, 3.8) is 0 Å². The second-order valence-electron chi connectivity index (χ2n) is 9.68. The summed E-state index contributed by atoms with van der Waals surface area (Å²) in [7, 11) is 0. The number of alkyl halides is 1. The third-order valence-corrected chi connectivity index (χ3v) is 8.21. The second-order valence-corrected chi connectivity index (χ2v) is 11.3. The third kappa shape index (κ3) is 8.81. The average molecular weight is 509 g/mol. The van der Waals surface area contributed by atoms with Crippen LogP contribution in [0.4, 0.5) is 0 Å². The molecule has 2 saturated heterocycles. The predicted octanol–water partition coefficient (Wildman–Crippen LogP) is 2.78. The monoisotopic (exact) mass is 508 g/mol. The smallest absolute Gasteiger partial charge is 0.237 e. The van der Waals surface area contributed by atoms with Crippen LogP contribution < -0.4 is 10.6 Å². The number of halogens is 1. The molecule has 33 heavy (non-hydrogen) atoms. The summed E-state index contributed by atoms with van der Waals surface area (Å²) in [4.78, 5) is 13.1. The quantitative estimate of drug-likeness (QED) is 0.203. The topological polar surface area (TPSA) is 111 Å². The summed E-state index contributed by atoms with van der Waals surface area (Å²) >= 11 is 7.62. The summed E-state index contributed by atoms with van der Waals surface area (Å²) in [6.45, 7) is 4.77. The normalized spacial score (nSPS) is 34.9. The highest BCUT2D eigenvalue weighted by Crippen LogP contribution is 2.30. The molecule has 2 fully saturated rings. The van der Waals surface area contributed by atoms with E-state index in [1.807, 2.05) is 0 Å². The van der Waals surface area contributed by atoms with Crippen molar-refractivity contribution < 1.29 is 24.9 Å². The van der Waals surface area contributed by atoms with Crippen molar-refractivity contribution in [2.45, 2.75) is 125 Å². The van der Waals surface area contributed by atoms with Gasteiger partial charge in [-0.05, 0) is 44.9 Å². The Balaban J connectivity index is 1.87. The molecule has 0 spiro atoms. The first-order valence-electron chi connectivity index (χ1n) is 12.7. The molecular weight excluding hydrogens is 464 g/mol. The largest absolute Gasteiger partial charge is 0.388 e. The Kier molecular flexibility index (Phi) is 13.3. The van der Waals surface area contributed by atoms with E-state index in [0.717, 1.165) is 25.8 Å². The van der Waals surface area contributed by atoms with Crippen LogP contribution in [0.5, 0.6) is 0 Å². The molecule has 194 valence electrons. The van der Waals surface area contributed by atoms with E-state index >= 15 is 0 Å². The van der Waals surface area contributed by atoms with Gasteiger partial charge in [0.25, 0.3) is 0 Å². The van der Waals surface area contributed by atoms with Crippen LogP contribution in [0.15, 0.2) is 0 Å². The van der Waals surface area contributed by atoms with Gasteiger partial charge < -0.3 is 30.7 Å². The van der Waals surface area contributed by atoms with Gasteiger partial charge in [0.15, 0.2) is 0 Å². The molecule has 2 aliphatic heterocycles. The molecule has 0 saturated carbocycles. The summed E-state index contributed by atoms with van der Waals surface area (Å²) < 4.78 is 5.85. The first-order valence-corrected chi connectivity index (χ1v) is 14.4. The Labute approximate surface area is 208 Å².